The minimum absolute atomic E-state index is 0.0900. The predicted octanol–water partition coefficient (Wildman–Crippen LogP) is 2.55. The summed E-state index contributed by atoms with van der Waals surface area (Å²) >= 11 is 1.51. The van der Waals surface area contributed by atoms with Crippen LogP contribution in [0, 0.1) is 0 Å². The number of nitrogens with zero attached hydrogens (tertiary/aromatic N) is 2. The number of amides is 1. The summed E-state index contributed by atoms with van der Waals surface area (Å²) in [5.41, 5.74) is 1.42. The molecule has 5 nitrogen and oxygen atoms in total. The maximum Gasteiger partial charge on any atom is 0.256 e. The number of anilines is 1. The van der Waals surface area contributed by atoms with Crippen molar-refractivity contribution in [1.29, 1.82) is 0 Å². The molecular formula is C13H15N3O2S. The van der Waals surface area contributed by atoms with Gasteiger partial charge < -0.3 is 10.1 Å². The Balaban J connectivity index is 1.66. The van der Waals surface area contributed by atoms with Crippen LogP contribution in [0.5, 0.6) is 0 Å². The molecule has 1 saturated heterocycles. The summed E-state index contributed by atoms with van der Waals surface area (Å²) in [4.78, 5) is 11.9. The van der Waals surface area contributed by atoms with E-state index in [9.17, 15) is 4.79 Å². The molecule has 1 fully saturated rings. The Labute approximate surface area is 115 Å². The predicted molar refractivity (Wildman–Crippen MR) is 73.6 cm³/mol. The van der Waals surface area contributed by atoms with E-state index in [1.54, 1.807) is 6.20 Å². The van der Waals surface area contributed by atoms with Crippen molar-refractivity contribution in [2.24, 2.45) is 0 Å². The van der Waals surface area contributed by atoms with Crippen LogP contribution >= 0.6 is 11.3 Å². The summed E-state index contributed by atoms with van der Waals surface area (Å²) in [6.45, 7) is 1.56. The first-order chi connectivity index (χ1) is 9.33. The SMILES string of the molecule is O=C(Nc1cnn(C2CCOCC2)c1)c1ccsc1. The van der Waals surface area contributed by atoms with Gasteiger partial charge in [0.2, 0.25) is 0 Å². The zero-order valence-corrected chi connectivity index (χ0v) is 11.2. The maximum atomic E-state index is 11.9. The summed E-state index contributed by atoms with van der Waals surface area (Å²) in [5, 5.41) is 10.9. The van der Waals surface area contributed by atoms with Crippen LogP contribution in [-0.4, -0.2) is 28.9 Å². The van der Waals surface area contributed by atoms with Gasteiger partial charge in [0.15, 0.2) is 0 Å². The van der Waals surface area contributed by atoms with Gasteiger partial charge in [0.25, 0.3) is 5.91 Å². The van der Waals surface area contributed by atoms with Gasteiger partial charge in [0, 0.05) is 24.8 Å². The van der Waals surface area contributed by atoms with Crippen LogP contribution in [0.4, 0.5) is 5.69 Å². The van der Waals surface area contributed by atoms with Crippen molar-refractivity contribution in [3.63, 3.8) is 0 Å². The lowest BCUT2D eigenvalue weighted by molar-refractivity contribution is 0.0662. The van der Waals surface area contributed by atoms with E-state index in [4.69, 9.17) is 4.74 Å². The zero-order valence-electron chi connectivity index (χ0n) is 10.4. The Hall–Kier alpha value is -1.66. The second-order valence-corrected chi connectivity index (χ2v) is 5.30. The first-order valence-electron chi connectivity index (χ1n) is 6.28. The minimum atomic E-state index is -0.0900. The van der Waals surface area contributed by atoms with Gasteiger partial charge >= 0.3 is 0 Å². The van der Waals surface area contributed by atoms with E-state index < -0.39 is 0 Å². The average molecular weight is 277 g/mol. The van der Waals surface area contributed by atoms with Crippen LogP contribution in [0.15, 0.2) is 29.2 Å². The van der Waals surface area contributed by atoms with Crippen molar-refractivity contribution in [3.8, 4) is 0 Å². The van der Waals surface area contributed by atoms with Crippen molar-refractivity contribution in [3.05, 3.63) is 34.8 Å². The Bertz CT molecular complexity index is 544. The molecule has 1 amide bonds. The number of thiophene rings is 1. The van der Waals surface area contributed by atoms with E-state index in [1.807, 2.05) is 27.7 Å². The van der Waals surface area contributed by atoms with Crippen LogP contribution in [0.25, 0.3) is 0 Å². The van der Waals surface area contributed by atoms with Crippen molar-refractivity contribution in [2.75, 3.05) is 18.5 Å². The van der Waals surface area contributed by atoms with Gasteiger partial charge in [-0.1, -0.05) is 0 Å². The first kappa shape index (κ1) is 12.4. The summed E-state index contributed by atoms with van der Waals surface area (Å²) < 4.78 is 7.25. The third-order valence-electron chi connectivity index (χ3n) is 3.21. The van der Waals surface area contributed by atoms with Crippen molar-refractivity contribution >= 4 is 22.9 Å². The van der Waals surface area contributed by atoms with Gasteiger partial charge in [0.1, 0.15) is 0 Å². The van der Waals surface area contributed by atoms with Crippen LogP contribution in [0.3, 0.4) is 0 Å². The Morgan fingerprint density at radius 2 is 2.32 bits per heavy atom. The summed E-state index contributed by atoms with van der Waals surface area (Å²) in [7, 11) is 0. The second kappa shape index (κ2) is 5.54. The number of hydrogen-bond donors (Lipinski definition) is 1. The summed E-state index contributed by atoms with van der Waals surface area (Å²) in [5.74, 6) is -0.0900. The lowest BCUT2D eigenvalue weighted by Gasteiger charge is -2.22. The molecule has 2 aromatic heterocycles. The van der Waals surface area contributed by atoms with E-state index in [-0.39, 0.29) is 5.91 Å². The second-order valence-electron chi connectivity index (χ2n) is 4.52. The Morgan fingerprint density at radius 1 is 1.47 bits per heavy atom. The molecule has 0 radical (unpaired) electrons. The highest BCUT2D eigenvalue weighted by atomic mass is 32.1. The van der Waals surface area contributed by atoms with E-state index in [0.29, 0.717) is 11.6 Å². The molecule has 2 aromatic rings. The number of aromatic nitrogens is 2. The highest BCUT2D eigenvalue weighted by Gasteiger charge is 2.17. The standard InChI is InChI=1S/C13H15N3O2S/c17-13(10-3-6-19-9-10)15-11-7-14-16(8-11)12-1-4-18-5-2-12/h3,6-9,12H,1-2,4-5H2,(H,15,17). The van der Waals surface area contributed by atoms with Gasteiger partial charge in [-0.25, -0.2) is 0 Å². The van der Waals surface area contributed by atoms with Crippen molar-refractivity contribution in [2.45, 2.75) is 18.9 Å². The minimum Gasteiger partial charge on any atom is -0.381 e. The molecule has 6 heteroatoms. The van der Waals surface area contributed by atoms with Gasteiger partial charge in [-0.3, -0.25) is 9.48 Å². The fourth-order valence-corrected chi connectivity index (χ4v) is 2.78. The van der Waals surface area contributed by atoms with Crippen molar-refractivity contribution < 1.29 is 9.53 Å². The largest absolute Gasteiger partial charge is 0.381 e. The van der Waals surface area contributed by atoms with E-state index >= 15 is 0 Å². The van der Waals surface area contributed by atoms with Gasteiger partial charge in [-0.15, -0.1) is 0 Å². The van der Waals surface area contributed by atoms with Crippen LogP contribution in [-0.2, 0) is 4.74 Å². The van der Waals surface area contributed by atoms with Gasteiger partial charge in [-0.2, -0.15) is 16.4 Å². The smallest absolute Gasteiger partial charge is 0.256 e. The molecule has 0 unspecified atom stereocenters. The highest BCUT2D eigenvalue weighted by Crippen LogP contribution is 2.21. The molecule has 0 aromatic carbocycles. The molecule has 0 bridgehead atoms. The number of rotatable bonds is 3. The molecule has 0 atom stereocenters. The Morgan fingerprint density at radius 3 is 3.05 bits per heavy atom. The Kier molecular flexibility index (Phi) is 3.61. The number of carbonyl (C=O) groups is 1. The van der Waals surface area contributed by atoms with E-state index in [2.05, 4.69) is 10.4 Å². The van der Waals surface area contributed by atoms with Crippen LogP contribution in [0.2, 0.25) is 0 Å². The maximum absolute atomic E-state index is 11.9. The molecule has 1 aliphatic heterocycles. The third kappa shape index (κ3) is 2.85. The fourth-order valence-electron chi connectivity index (χ4n) is 2.15. The normalized spacial score (nSPS) is 16.4. The molecule has 100 valence electrons. The lowest BCUT2D eigenvalue weighted by atomic mass is 10.1. The molecule has 0 aliphatic carbocycles. The molecule has 0 spiro atoms. The molecular weight excluding hydrogens is 262 g/mol. The monoisotopic (exact) mass is 277 g/mol. The number of nitrogens with one attached hydrogen (secondary N) is 1. The van der Waals surface area contributed by atoms with Crippen LogP contribution < -0.4 is 5.32 Å². The lowest BCUT2D eigenvalue weighted by Crippen LogP contribution is -2.19. The highest BCUT2D eigenvalue weighted by molar-refractivity contribution is 7.08. The topological polar surface area (TPSA) is 56.2 Å². The van der Waals surface area contributed by atoms with Gasteiger partial charge in [0.05, 0.1) is 23.5 Å². The fraction of sp³-hybridized carbons (Fsp3) is 0.385. The third-order valence-corrected chi connectivity index (χ3v) is 3.89. The van der Waals surface area contributed by atoms with Crippen LogP contribution in [0.1, 0.15) is 29.2 Å². The molecule has 3 rings (SSSR count). The number of carbonyl (C=O) groups excluding carboxylic acids is 1. The summed E-state index contributed by atoms with van der Waals surface area (Å²) in [6.07, 6.45) is 5.53. The molecule has 0 saturated carbocycles. The molecule has 1 N–H and O–H groups in total. The number of hydrogen-bond acceptors (Lipinski definition) is 4. The van der Waals surface area contributed by atoms with Crippen molar-refractivity contribution in [1.82, 2.24) is 9.78 Å². The average Bonchev–Trinajstić information content (AvgIpc) is 3.11. The van der Waals surface area contributed by atoms with Gasteiger partial charge in [-0.05, 0) is 24.3 Å². The number of ether oxygens (including phenoxy) is 1. The first-order valence-corrected chi connectivity index (χ1v) is 7.22. The zero-order chi connectivity index (χ0) is 13.1. The van der Waals surface area contributed by atoms with E-state index in [1.165, 1.54) is 11.3 Å². The quantitative estimate of drug-likeness (QED) is 0.938. The molecule has 3 heterocycles. The van der Waals surface area contributed by atoms with E-state index in [0.717, 1.165) is 31.7 Å². The summed E-state index contributed by atoms with van der Waals surface area (Å²) in [6, 6.07) is 2.18. The molecule has 1 aliphatic rings. The molecule has 19 heavy (non-hydrogen) atoms.